The third kappa shape index (κ3) is 3.91. The zero-order valence-electron chi connectivity index (χ0n) is 18.6. The molecule has 9 heteroatoms. The summed E-state index contributed by atoms with van der Waals surface area (Å²) in [5.41, 5.74) is 4.36. The molecule has 1 unspecified atom stereocenters. The van der Waals surface area contributed by atoms with Crippen molar-refractivity contribution in [2.75, 3.05) is 18.6 Å². The second-order valence-corrected chi connectivity index (χ2v) is 9.79. The Morgan fingerprint density at radius 1 is 1.12 bits per heavy atom. The Hall–Kier alpha value is -3.10. The third-order valence-electron chi connectivity index (χ3n) is 6.38. The van der Waals surface area contributed by atoms with E-state index in [0.717, 1.165) is 27.4 Å². The van der Waals surface area contributed by atoms with E-state index in [2.05, 4.69) is 10.2 Å². The fourth-order valence-corrected chi connectivity index (χ4v) is 5.21. The molecule has 5 rings (SSSR count). The number of imide groups is 1. The van der Waals surface area contributed by atoms with E-state index in [1.54, 1.807) is 40.9 Å². The highest BCUT2D eigenvalue weighted by atomic mass is 35.5. The van der Waals surface area contributed by atoms with Crippen LogP contribution >= 0.6 is 23.4 Å². The number of aromatic nitrogens is 2. The zero-order valence-corrected chi connectivity index (χ0v) is 20.2. The molecule has 1 aromatic heterocycles. The number of hydrogen-bond acceptors (Lipinski definition) is 5. The van der Waals surface area contributed by atoms with Crippen molar-refractivity contribution in [1.29, 1.82) is 0 Å². The molecule has 2 aromatic carbocycles. The molecule has 0 aliphatic carbocycles. The van der Waals surface area contributed by atoms with E-state index in [9.17, 15) is 14.4 Å². The van der Waals surface area contributed by atoms with Crippen LogP contribution in [-0.4, -0.2) is 62.3 Å². The molecule has 0 fully saturated rings. The van der Waals surface area contributed by atoms with Gasteiger partial charge in [-0.05, 0) is 42.7 Å². The van der Waals surface area contributed by atoms with Crippen molar-refractivity contribution in [3.63, 3.8) is 0 Å². The quantitative estimate of drug-likeness (QED) is 0.523. The van der Waals surface area contributed by atoms with Gasteiger partial charge < -0.3 is 4.90 Å². The molecule has 0 radical (unpaired) electrons. The molecule has 34 heavy (non-hydrogen) atoms. The normalized spacial score (nSPS) is 15.9. The molecule has 2 aliphatic heterocycles. The van der Waals surface area contributed by atoms with Crippen LogP contribution in [0.15, 0.2) is 48.5 Å². The van der Waals surface area contributed by atoms with Gasteiger partial charge in [-0.1, -0.05) is 35.9 Å². The fraction of sp³-hybridized carbons (Fsp3) is 0.280. The van der Waals surface area contributed by atoms with E-state index >= 15 is 0 Å². The summed E-state index contributed by atoms with van der Waals surface area (Å²) in [4.78, 5) is 42.9. The minimum absolute atomic E-state index is 0.211. The lowest BCUT2D eigenvalue weighted by molar-refractivity contribution is -0.136. The number of benzene rings is 2. The maximum atomic E-state index is 13.8. The largest absolute Gasteiger partial charge is 0.336 e. The second-order valence-electron chi connectivity index (χ2n) is 8.37. The molecule has 0 saturated carbocycles. The fourth-order valence-electron chi connectivity index (χ4n) is 4.62. The van der Waals surface area contributed by atoms with Crippen molar-refractivity contribution in [3.05, 3.63) is 75.9 Å². The van der Waals surface area contributed by atoms with Crippen molar-refractivity contribution < 1.29 is 14.4 Å². The average Bonchev–Trinajstić information content (AvgIpc) is 3.39. The van der Waals surface area contributed by atoms with Crippen LogP contribution in [0, 0.1) is 0 Å². The summed E-state index contributed by atoms with van der Waals surface area (Å²) in [6.07, 6.45) is 2.98. The smallest absolute Gasteiger partial charge is 0.262 e. The summed E-state index contributed by atoms with van der Waals surface area (Å²) >= 11 is 7.62. The highest BCUT2D eigenvalue weighted by Crippen LogP contribution is 2.31. The maximum Gasteiger partial charge on any atom is 0.262 e. The summed E-state index contributed by atoms with van der Waals surface area (Å²) in [5.74, 6) is -0.353. The van der Waals surface area contributed by atoms with E-state index in [-0.39, 0.29) is 5.91 Å². The zero-order chi connectivity index (χ0) is 23.8. The lowest BCUT2D eigenvalue weighted by atomic mass is 10.00. The number of aromatic amines is 1. The van der Waals surface area contributed by atoms with E-state index in [1.165, 1.54) is 0 Å². The number of hydrogen-bond donors (Lipinski definition) is 1. The lowest BCUT2D eigenvalue weighted by Crippen LogP contribution is -2.52. The number of amides is 3. The number of fused-ring (bicyclic) bond motifs is 2. The van der Waals surface area contributed by atoms with Gasteiger partial charge in [-0.3, -0.25) is 24.4 Å². The summed E-state index contributed by atoms with van der Waals surface area (Å²) in [6, 6.07) is 13.3. The molecule has 1 atom stereocenters. The van der Waals surface area contributed by atoms with Gasteiger partial charge in [0.05, 0.1) is 16.8 Å². The Labute approximate surface area is 206 Å². The topological polar surface area (TPSA) is 86.4 Å². The van der Waals surface area contributed by atoms with Crippen molar-refractivity contribution in [1.82, 2.24) is 20.0 Å². The van der Waals surface area contributed by atoms with Gasteiger partial charge in [-0.25, -0.2) is 0 Å². The number of carbonyl (C=O) groups excluding carboxylic acids is 3. The number of H-pyrrole nitrogens is 1. The second kappa shape index (κ2) is 9.27. The van der Waals surface area contributed by atoms with Crippen LogP contribution < -0.4 is 0 Å². The summed E-state index contributed by atoms with van der Waals surface area (Å²) in [5, 5.41) is 8.23. The Bertz CT molecular complexity index is 1240. The Kier molecular flexibility index (Phi) is 6.18. The van der Waals surface area contributed by atoms with Gasteiger partial charge >= 0.3 is 0 Å². The maximum absolute atomic E-state index is 13.8. The number of nitrogens with zero attached hydrogens (tertiary/aromatic N) is 3. The first kappa shape index (κ1) is 22.7. The molecule has 2 aliphatic rings. The van der Waals surface area contributed by atoms with E-state index < -0.39 is 17.9 Å². The van der Waals surface area contributed by atoms with Crippen LogP contribution in [0.2, 0.25) is 5.02 Å². The molecular weight excluding hydrogens is 472 g/mol. The highest BCUT2D eigenvalue weighted by Gasteiger charge is 2.44. The molecule has 0 bridgehead atoms. The van der Waals surface area contributed by atoms with Gasteiger partial charge in [-0.2, -0.15) is 16.9 Å². The molecule has 0 saturated heterocycles. The minimum Gasteiger partial charge on any atom is -0.336 e. The van der Waals surface area contributed by atoms with E-state index in [1.807, 2.05) is 30.5 Å². The van der Waals surface area contributed by atoms with Crippen molar-refractivity contribution in [3.8, 4) is 11.3 Å². The number of carbonyl (C=O) groups is 3. The van der Waals surface area contributed by atoms with E-state index in [0.29, 0.717) is 47.8 Å². The van der Waals surface area contributed by atoms with Gasteiger partial charge in [0.2, 0.25) is 5.91 Å². The first-order valence-electron chi connectivity index (χ1n) is 11.1. The van der Waals surface area contributed by atoms with Gasteiger partial charge in [0.1, 0.15) is 6.04 Å². The molecule has 0 spiro atoms. The molecule has 3 aromatic rings. The van der Waals surface area contributed by atoms with E-state index in [4.69, 9.17) is 11.6 Å². The van der Waals surface area contributed by atoms with Crippen molar-refractivity contribution >= 4 is 41.1 Å². The highest BCUT2D eigenvalue weighted by molar-refractivity contribution is 7.98. The predicted octanol–water partition coefficient (Wildman–Crippen LogP) is 4.03. The predicted molar refractivity (Wildman–Crippen MR) is 132 cm³/mol. The first-order valence-corrected chi connectivity index (χ1v) is 12.8. The summed E-state index contributed by atoms with van der Waals surface area (Å²) < 4.78 is 0. The van der Waals surface area contributed by atoms with Gasteiger partial charge in [0.15, 0.2) is 0 Å². The number of nitrogens with one attached hydrogen (secondary N) is 1. The minimum atomic E-state index is -0.840. The van der Waals surface area contributed by atoms with Crippen molar-refractivity contribution in [2.24, 2.45) is 0 Å². The van der Waals surface area contributed by atoms with Crippen LogP contribution in [0.1, 0.15) is 38.4 Å². The third-order valence-corrected chi connectivity index (χ3v) is 7.28. The number of rotatable bonds is 6. The Morgan fingerprint density at radius 3 is 2.44 bits per heavy atom. The monoisotopic (exact) mass is 494 g/mol. The molecule has 1 N–H and O–H groups in total. The van der Waals surface area contributed by atoms with Crippen LogP contribution in [0.3, 0.4) is 0 Å². The SMILES string of the molecule is CSCCC(C(=O)N1CCc2[nH]nc(-c3ccc(Cl)cc3)c2C1)N1C(=O)c2ccccc2C1=O. The Balaban J connectivity index is 1.43. The molecular formula is C25H23ClN4O3S. The van der Waals surface area contributed by atoms with Gasteiger partial charge in [0.25, 0.3) is 11.8 Å². The standard InChI is InChI=1S/C25H23ClN4O3S/c1-34-13-11-21(30-23(31)17-4-2-3-5-18(17)24(30)32)25(33)29-12-10-20-19(14-29)22(28-27-20)15-6-8-16(26)9-7-15/h2-9,21H,10-14H2,1H3,(H,27,28). The van der Waals surface area contributed by atoms with Crippen LogP contribution in [0.25, 0.3) is 11.3 Å². The number of halogens is 1. The van der Waals surface area contributed by atoms with Gasteiger partial charge in [-0.15, -0.1) is 0 Å². The number of thioether (sulfide) groups is 1. The average molecular weight is 495 g/mol. The van der Waals surface area contributed by atoms with Crippen molar-refractivity contribution in [2.45, 2.75) is 25.4 Å². The Morgan fingerprint density at radius 2 is 1.79 bits per heavy atom. The van der Waals surface area contributed by atoms with Crippen LogP contribution in [0.5, 0.6) is 0 Å². The lowest BCUT2D eigenvalue weighted by Gasteiger charge is -2.33. The molecule has 3 amide bonds. The van der Waals surface area contributed by atoms with Gasteiger partial charge in [0, 0.05) is 41.4 Å². The molecule has 3 heterocycles. The molecule has 7 nitrogen and oxygen atoms in total. The first-order chi connectivity index (χ1) is 16.5. The van der Waals surface area contributed by atoms with Crippen LogP contribution in [-0.2, 0) is 17.8 Å². The van der Waals surface area contributed by atoms with Crippen LogP contribution in [0.4, 0.5) is 0 Å². The summed E-state index contributed by atoms with van der Waals surface area (Å²) in [7, 11) is 0. The summed E-state index contributed by atoms with van der Waals surface area (Å²) in [6.45, 7) is 0.856. The molecule has 174 valence electrons.